The zero-order chi connectivity index (χ0) is 24.2. The Hall–Kier alpha value is -4.13. The molecule has 174 valence electrons. The number of anilines is 2. The third-order valence-corrected chi connectivity index (χ3v) is 5.37. The number of rotatable bonds is 8. The number of halogens is 1. The highest BCUT2D eigenvalue weighted by Crippen LogP contribution is 2.38. The van der Waals surface area contributed by atoms with Crippen molar-refractivity contribution in [3.63, 3.8) is 0 Å². The van der Waals surface area contributed by atoms with Gasteiger partial charge in [-0.15, -0.1) is 0 Å². The number of hydrogen-bond donors (Lipinski definition) is 1. The van der Waals surface area contributed by atoms with Gasteiger partial charge in [0.25, 0.3) is 11.8 Å². The van der Waals surface area contributed by atoms with Gasteiger partial charge < -0.3 is 14.8 Å². The Bertz CT molecular complexity index is 1270. The zero-order valence-electron chi connectivity index (χ0n) is 19.2. The first-order valence-electron chi connectivity index (χ1n) is 11.0. The lowest BCUT2D eigenvalue weighted by molar-refractivity contribution is -0.120. The van der Waals surface area contributed by atoms with Gasteiger partial charge in [0.15, 0.2) is 0 Å². The minimum absolute atomic E-state index is 0.0906. The molecule has 2 amide bonds. The first kappa shape index (κ1) is 23.0. The summed E-state index contributed by atoms with van der Waals surface area (Å²) in [4.78, 5) is 28.3. The molecule has 0 saturated carbocycles. The van der Waals surface area contributed by atoms with Crippen LogP contribution in [0.25, 0.3) is 5.57 Å². The minimum atomic E-state index is -0.534. The summed E-state index contributed by atoms with van der Waals surface area (Å²) >= 11 is 0. The third kappa shape index (κ3) is 4.50. The Balaban J connectivity index is 1.80. The lowest BCUT2D eigenvalue weighted by atomic mass is 10.0. The summed E-state index contributed by atoms with van der Waals surface area (Å²) < 4.78 is 24.7. The van der Waals surface area contributed by atoms with Crippen LogP contribution in [-0.4, -0.2) is 25.5 Å². The molecule has 1 N–H and O–H groups in total. The molecule has 3 aromatic rings. The monoisotopic (exact) mass is 460 g/mol. The molecule has 4 rings (SSSR count). The van der Waals surface area contributed by atoms with Gasteiger partial charge in [-0.3, -0.25) is 9.59 Å². The number of nitrogens with one attached hydrogen (secondary N) is 1. The van der Waals surface area contributed by atoms with E-state index in [0.29, 0.717) is 35.0 Å². The fraction of sp³-hybridized carbons (Fsp3) is 0.185. The van der Waals surface area contributed by atoms with E-state index < -0.39 is 17.6 Å². The molecule has 0 spiro atoms. The van der Waals surface area contributed by atoms with Crippen LogP contribution in [0.2, 0.25) is 0 Å². The van der Waals surface area contributed by atoms with E-state index in [1.165, 1.54) is 31.4 Å². The van der Waals surface area contributed by atoms with Crippen LogP contribution in [0.15, 0.2) is 72.4 Å². The molecular formula is C27H25FN2O4. The van der Waals surface area contributed by atoms with Gasteiger partial charge in [0, 0.05) is 11.8 Å². The number of imide groups is 1. The maximum Gasteiger partial charge on any atom is 0.282 e. The molecule has 0 saturated heterocycles. The summed E-state index contributed by atoms with van der Waals surface area (Å²) in [5.41, 5.74) is 2.45. The van der Waals surface area contributed by atoms with Gasteiger partial charge in [-0.2, -0.15) is 0 Å². The van der Waals surface area contributed by atoms with Crippen LogP contribution in [0.4, 0.5) is 15.8 Å². The van der Waals surface area contributed by atoms with Crippen LogP contribution in [0, 0.1) is 12.7 Å². The average molecular weight is 461 g/mol. The molecule has 7 heteroatoms. The molecule has 34 heavy (non-hydrogen) atoms. The Morgan fingerprint density at radius 2 is 1.74 bits per heavy atom. The standard InChI is InChI=1S/C27H25FN2O4/c1-4-14-34-21-7-5-6-20(16-21)29-25-24(18-9-11-19(28)12-10-18)26(31)30(27(25)32)22-15-17(2)8-13-23(22)33-3/h5-13,15-16,29H,4,14H2,1-3H3. The Kier molecular flexibility index (Phi) is 6.63. The summed E-state index contributed by atoms with van der Waals surface area (Å²) in [6.45, 7) is 4.44. The number of benzene rings is 3. The van der Waals surface area contributed by atoms with E-state index >= 15 is 0 Å². The van der Waals surface area contributed by atoms with E-state index in [-0.39, 0.29) is 11.3 Å². The molecule has 1 aliphatic heterocycles. The smallest absolute Gasteiger partial charge is 0.282 e. The average Bonchev–Trinajstić information content (AvgIpc) is 3.07. The van der Waals surface area contributed by atoms with Gasteiger partial charge in [0.05, 0.1) is 25.0 Å². The lowest BCUT2D eigenvalue weighted by Gasteiger charge is -2.19. The molecule has 0 atom stereocenters. The normalized spacial score (nSPS) is 13.5. The first-order chi connectivity index (χ1) is 16.4. The van der Waals surface area contributed by atoms with Crippen molar-refractivity contribution in [2.45, 2.75) is 20.3 Å². The van der Waals surface area contributed by atoms with Crippen LogP contribution >= 0.6 is 0 Å². The van der Waals surface area contributed by atoms with Crippen molar-refractivity contribution < 1.29 is 23.5 Å². The molecule has 1 aliphatic rings. The summed E-state index contributed by atoms with van der Waals surface area (Å²) in [6, 6.07) is 17.9. The van der Waals surface area contributed by atoms with E-state index in [1.54, 1.807) is 30.3 Å². The fourth-order valence-corrected chi connectivity index (χ4v) is 3.75. The molecule has 0 unspecified atom stereocenters. The molecule has 3 aromatic carbocycles. The van der Waals surface area contributed by atoms with Gasteiger partial charge in [-0.25, -0.2) is 9.29 Å². The molecule has 0 fully saturated rings. The van der Waals surface area contributed by atoms with Crippen molar-refractivity contribution >= 4 is 28.8 Å². The second-order valence-electron chi connectivity index (χ2n) is 7.88. The maximum absolute atomic E-state index is 13.6. The highest BCUT2D eigenvalue weighted by atomic mass is 19.1. The minimum Gasteiger partial charge on any atom is -0.495 e. The van der Waals surface area contributed by atoms with Crippen molar-refractivity contribution in [2.24, 2.45) is 0 Å². The van der Waals surface area contributed by atoms with Gasteiger partial charge in [-0.05, 0) is 60.9 Å². The van der Waals surface area contributed by atoms with Crippen molar-refractivity contribution in [3.8, 4) is 11.5 Å². The number of amides is 2. The number of ether oxygens (including phenoxy) is 2. The molecule has 6 nitrogen and oxygen atoms in total. The van der Waals surface area contributed by atoms with Crippen molar-refractivity contribution in [1.82, 2.24) is 0 Å². The summed E-state index contributed by atoms with van der Waals surface area (Å²) in [6.07, 6.45) is 0.859. The molecule has 0 radical (unpaired) electrons. The fourth-order valence-electron chi connectivity index (χ4n) is 3.75. The highest BCUT2D eigenvalue weighted by Gasteiger charge is 2.41. The summed E-state index contributed by atoms with van der Waals surface area (Å²) in [5, 5.41) is 3.11. The van der Waals surface area contributed by atoms with E-state index in [0.717, 1.165) is 16.9 Å². The molecule has 0 aliphatic carbocycles. The van der Waals surface area contributed by atoms with E-state index in [9.17, 15) is 14.0 Å². The largest absolute Gasteiger partial charge is 0.495 e. The zero-order valence-corrected chi connectivity index (χ0v) is 19.2. The van der Waals surface area contributed by atoms with E-state index in [2.05, 4.69) is 5.32 Å². The summed E-state index contributed by atoms with van der Waals surface area (Å²) in [7, 11) is 1.48. The number of carbonyl (C=O) groups is 2. The molecular weight excluding hydrogens is 435 g/mol. The Morgan fingerprint density at radius 3 is 2.44 bits per heavy atom. The van der Waals surface area contributed by atoms with Crippen molar-refractivity contribution in [2.75, 3.05) is 23.9 Å². The predicted octanol–water partition coefficient (Wildman–Crippen LogP) is 5.33. The van der Waals surface area contributed by atoms with Crippen LogP contribution in [0.1, 0.15) is 24.5 Å². The Morgan fingerprint density at radius 1 is 0.971 bits per heavy atom. The molecule has 1 heterocycles. The van der Waals surface area contributed by atoms with Crippen molar-refractivity contribution in [3.05, 3.63) is 89.4 Å². The predicted molar refractivity (Wildman–Crippen MR) is 129 cm³/mol. The van der Waals surface area contributed by atoms with Gasteiger partial charge in [0.2, 0.25) is 0 Å². The molecule has 0 aromatic heterocycles. The van der Waals surface area contributed by atoms with Crippen LogP contribution < -0.4 is 19.7 Å². The quantitative estimate of drug-likeness (QED) is 0.461. The number of aryl methyl sites for hydroxylation is 1. The SMILES string of the molecule is CCCOc1cccc(NC2=C(c3ccc(F)cc3)C(=O)N(c3cc(C)ccc3OC)C2=O)c1. The van der Waals surface area contributed by atoms with Gasteiger partial charge in [0.1, 0.15) is 23.0 Å². The third-order valence-electron chi connectivity index (χ3n) is 5.37. The van der Waals surface area contributed by atoms with E-state index in [1.807, 2.05) is 26.0 Å². The van der Waals surface area contributed by atoms with E-state index in [4.69, 9.17) is 9.47 Å². The Labute approximate surface area is 197 Å². The number of methoxy groups -OCH3 is 1. The van der Waals surface area contributed by atoms with Crippen LogP contribution in [-0.2, 0) is 9.59 Å². The second kappa shape index (κ2) is 9.79. The van der Waals surface area contributed by atoms with Crippen molar-refractivity contribution in [1.29, 1.82) is 0 Å². The molecule has 0 bridgehead atoms. The summed E-state index contributed by atoms with van der Waals surface area (Å²) in [5.74, 6) is -0.463. The number of nitrogens with zero attached hydrogens (tertiary/aromatic N) is 1. The topological polar surface area (TPSA) is 67.9 Å². The van der Waals surface area contributed by atoms with Gasteiger partial charge in [-0.1, -0.05) is 31.2 Å². The van der Waals surface area contributed by atoms with Crippen LogP contribution in [0.3, 0.4) is 0 Å². The first-order valence-corrected chi connectivity index (χ1v) is 11.0. The van der Waals surface area contributed by atoms with Crippen LogP contribution in [0.5, 0.6) is 11.5 Å². The van der Waals surface area contributed by atoms with Gasteiger partial charge >= 0.3 is 0 Å². The number of carbonyl (C=O) groups excluding carboxylic acids is 2. The number of hydrogen-bond acceptors (Lipinski definition) is 5. The second-order valence-corrected chi connectivity index (χ2v) is 7.88. The lowest BCUT2D eigenvalue weighted by Crippen LogP contribution is -2.32. The maximum atomic E-state index is 13.6. The highest BCUT2D eigenvalue weighted by molar-refractivity contribution is 6.46.